The first-order valence-electron chi connectivity index (χ1n) is 8.62. The van der Waals surface area contributed by atoms with Gasteiger partial charge in [0, 0.05) is 28.7 Å². The Bertz CT molecular complexity index is 986. The minimum Gasteiger partial charge on any atom is -0.444 e. The molecule has 3 rings (SSSR count). The van der Waals surface area contributed by atoms with Crippen LogP contribution in [0.3, 0.4) is 0 Å². The molecule has 0 atom stereocenters. The van der Waals surface area contributed by atoms with E-state index in [9.17, 15) is 14.4 Å². The summed E-state index contributed by atoms with van der Waals surface area (Å²) in [5.41, 5.74) is 3.35. The first-order valence-corrected chi connectivity index (χ1v) is 8.62. The Balaban J connectivity index is 2.05. The minimum absolute atomic E-state index is 0.0836. The van der Waals surface area contributed by atoms with Gasteiger partial charge in [0.25, 0.3) is 11.8 Å². The van der Waals surface area contributed by atoms with Gasteiger partial charge in [-0.15, -0.1) is 0 Å². The molecule has 0 spiro atoms. The second-order valence-electron chi connectivity index (χ2n) is 7.17. The number of carbonyl (C=O) groups is 3. The number of rotatable bonds is 4. The number of nitrogens with one attached hydrogen (secondary N) is 4. The second kappa shape index (κ2) is 7.31. The average molecular weight is 387 g/mol. The van der Waals surface area contributed by atoms with Crippen molar-refractivity contribution < 1.29 is 24.2 Å². The van der Waals surface area contributed by atoms with Gasteiger partial charge in [0.2, 0.25) is 0 Å². The van der Waals surface area contributed by atoms with E-state index in [4.69, 9.17) is 9.84 Å². The van der Waals surface area contributed by atoms with E-state index in [1.54, 1.807) is 26.8 Å². The van der Waals surface area contributed by atoms with Crippen molar-refractivity contribution in [2.45, 2.75) is 26.4 Å². The van der Waals surface area contributed by atoms with Crippen molar-refractivity contribution >= 4 is 40.7 Å². The summed E-state index contributed by atoms with van der Waals surface area (Å²) in [5, 5.41) is 18.4. The number of H-pyrrole nitrogens is 1. The number of hydrazone groups is 1. The normalized spacial score (nSPS) is 13.1. The molecule has 0 bridgehead atoms. The van der Waals surface area contributed by atoms with E-state index < -0.39 is 23.5 Å². The van der Waals surface area contributed by atoms with E-state index >= 15 is 0 Å². The van der Waals surface area contributed by atoms with Gasteiger partial charge in [0.1, 0.15) is 11.3 Å². The molecular weight excluding hydrogens is 366 g/mol. The Morgan fingerprint density at radius 2 is 2.04 bits per heavy atom. The SMILES string of the molecule is CC(C)(C)OC(=O)Nc1cc2c3c(c(C(=O)NCCO)[nH]c3c1)C=NNC2=O. The lowest BCUT2D eigenvalue weighted by atomic mass is 10.0. The maximum atomic E-state index is 12.4. The highest BCUT2D eigenvalue weighted by atomic mass is 16.6. The standard InChI is InChI=1S/C18H21N5O5/c1-18(2,3)28-17(27)21-9-6-10-13-11(8-20-23-15(10)25)14(22-12(13)7-9)16(26)19-4-5-24/h6-8,22,24H,4-5H2,1-3H3,(H,19,26)(H,21,27)(H,23,25). The quantitative estimate of drug-likeness (QED) is 0.537. The summed E-state index contributed by atoms with van der Waals surface area (Å²) in [6.45, 7) is 5.10. The molecule has 1 aromatic heterocycles. The minimum atomic E-state index is -0.678. The molecule has 10 nitrogen and oxygen atoms in total. The molecule has 1 aliphatic rings. The second-order valence-corrected chi connectivity index (χ2v) is 7.17. The Hall–Kier alpha value is -3.40. The lowest BCUT2D eigenvalue weighted by Gasteiger charge is -2.19. The summed E-state index contributed by atoms with van der Waals surface area (Å²) in [6, 6.07) is 3.09. The van der Waals surface area contributed by atoms with Gasteiger partial charge in [-0.1, -0.05) is 0 Å². The van der Waals surface area contributed by atoms with Crippen LogP contribution in [0.1, 0.15) is 47.2 Å². The van der Waals surface area contributed by atoms with Gasteiger partial charge in [-0.05, 0) is 32.9 Å². The van der Waals surface area contributed by atoms with Gasteiger partial charge in [0.05, 0.1) is 18.4 Å². The van der Waals surface area contributed by atoms with Crippen LogP contribution in [-0.4, -0.2) is 53.0 Å². The molecular formula is C18H21N5O5. The number of carbonyl (C=O) groups excluding carboxylic acids is 3. The number of nitrogens with zero attached hydrogens (tertiary/aromatic N) is 1. The molecule has 1 aromatic carbocycles. The van der Waals surface area contributed by atoms with E-state index in [-0.39, 0.29) is 24.4 Å². The van der Waals surface area contributed by atoms with Crippen LogP contribution in [-0.2, 0) is 4.74 Å². The third-order valence-electron chi connectivity index (χ3n) is 3.81. The fourth-order valence-electron chi connectivity index (χ4n) is 2.81. The van der Waals surface area contributed by atoms with Crippen molar-refractivity contribution in [1.29, 1.82) is 0 Å². The molecule has 148 valence electrons. The number of aromatic amines is 1. The number of anilines is 1. The highest BCUT2D eigenvalue weighted by molar-refractivity contribution is 6.19. The number of aromatic nitrogens is 1. The maximum absolute atomic E-state index is 12.4. The van der Waals surface area contributed by atoms with Gasteiger partial charge < -0.3 is 20.1 Å². The molecule has 0 fully saturated rings. The Morgan fingerprint density at radius 3 is 2.71 bits per heavy atom. The zero-order valence-corrected chi connectivity index (χ0v) is 15.7. The molecule has 5 N–H and O–H groups in total. The summed E-state index contributed by atoms with van der Waals surface area (Å²) in [4.78, 5) is 39.8. The number of aliphatic hydroxyl groups excluding tert-OH is 1. The highest BCUT2D eigenvalue weighted by Gasteiger charge is 2.25. The van der Waals surface area contributed by atoms with Crippen LogP contribution < -0.4 is 16.1 Å². The number of hydrogen-bond acceptors (Lipinski definition) is 6. The number of hydrogen-bond donors (Lipinski definition) is 5. The van der Waals surface area contributed by atoms with Gasteiger partial charge in [-0.25, -0.2) is 10.2 Å². The van der Waals surface area contributed by atoms with Gasteiger partial charge in [-0.3, -0.25) is 14.9 Å². The zero-order chi connectivity index (χ0) is 20.5. The number of aliphatic hydroxyl groups is 1. The molecule has 0 unspecified atom stereocenters. The van der Waals surface area contributed by atoms with Crippen LogP contribution >= 0.6 is 0 Å². The summed E-state index contributed by atoms with van der Waals surface area (Å²) >= 11 is 0. The van der Waals surface area contributed by atoms with Gasteiger partial charge in [-0.2, -0.15) is 5.10 Å². The monoisotopic (exact) mass is 387 g/mol. The lowest BCUT2D eigenvalue weighted by molar-refractivity contribution is 0.0635. The van der Waals surface area contributed by atoms with Crippen molar-refractivity contribution in [3.63, 3.8) is 0 Å². The van der Waals surface area contributed by atoms with E-state index in [1.165, 1.54) is 12.3 Å². The first kappa shape index (κ1) is 19.4. The predicted octanol–water partition coefficient (Wildman–Crippen LogP) is 1.31. The van der Waals surface area contributed by atoms with Gasteiger partial charge >= 0.3 is 6.09 Å². The highest BCUT2D eigenvalue weighted by Crippen LogP contribution is 2.30. The Kier molecular flexibility index (Phi) is 5.06. The molecule has 0 aliphatic carbocycles. The Morgan fingerprint density at radius 1 is 1.29 bits per heavy atom. The van der Waals surface area contributed by atoms with E-state index in [0.717, 1.165) is 0 Å². The van der Waals surface area contributed by atoms with Crippen molar-refractivity contribution in [3.05, 3.63) is 29.0 Å². The van der Waals surface area contributed by atoms with Crippen LogP contribution in [0.5, 0.6) is 0 Å². The largest absolute Gasteiger partial charge is 0.444 e. The summed E-state index contributed by atoms with van der Waals surface area (Å²) in [6.07, 6.45) is 0.708. The maximum Gasteiger partial charge on any atom is 0.412 e. The molecule has 2 aromatic rings. The number of benzene rings is 1. The van der Waals surface area contributed by atoms with Gasteiger partial charge in [0.15, 0.2) is 0 Å². The van der Waals surface area contributed by atoms with E-state index in [2.05, 4.69) is 26.1 Å². The fraction of sp³-hybridized carbons (Fsp3) is 0.333. The molecule has 0 radical (unpaired) electrons. The first-order chi connectivity index (χ1) is 13.2. The summed E-state index contributed by atoms with van der Waals surface area (Å²) in [5.74, 6) is -0.928. The fourth-order valence-corrected chi connectivity index (χ4v) is 2.81. The van der Waals surface area contributed by atoms with Crippen molar-refractivity contribution in [2.75, 3.05) is 18.5 Å². The van der Waals surface area contributed by atoms with Crippen LogP contribution in [0.25, 0.3) is 10.9 Å². The number of ether oxygens (including phenoxy) is 1. The topological polar surface area (TPSA) is 145 Å². The molecule has 3 amide bonds. The Labute approximate surface area is 160 Å². The number of amides is 3. The summed E-state index contributed by atoms with van der Waals surface area (Å²) in [7, 11) is 0. The molecule has 0 saturated heterocycles. The van der Waals surface area contributed by atoms with Crippen molar-refractivity contribution in [3.8, 4) is 0 Å². The van der Waals surface area contributed by atoms with Crippen LogP contribution in [0.2, 0.25) is 0 Å². The molecule has 2 heterocycles. The van der Waals surface area contributed by atoms with Crippen molar-refractivity contribution in [2.24, 2.45) is 5.10 Å². The van der Waals surface area contributed by atoms with E-state index in [1.807, 2.05) is 0 Å². The van der Waals surface area contributed by atoms with E-state index in [0.29, 0.717) is 22.2 Å². The third-order valence-corrected chi connectivity index (χ3v) is 3.81. The zero-order valence-electron chi connectivity index (χ0n) is 15.7. The predicted molar refractivity (Wildman–Crippen MR) is 103 cm³/mol. The van der Waals surface area contributed by atoms with Crippen LogP contribution in [0.15, 0.2) is 17.2 Å². The lowest BCUT2D eigenvalue weighted by Crippen LogP contribution is -2.27. The summed E-state index contributed by atoms with van der Waals surface area (Å²) < 4.78 is 5.23. The van der Waals surface area contributed by atoms with Crippen LogP contribution in [0, 0.1) is 0 Å². The van der Waals surface area contributed by atoms with Crippen LogP contribution in [0.4, 0.5) is 10.5 Å². The molecule has 28 heavy (non-hydrogen) atoms. The van der Waals surface area contributed by atoms with Crippen molar-refractivity contribution in [1.82, 2.24) is 15.7 Å². The molecule has 1 aliphatic heterocycles. The molecule has 0 saturated carbocycles. The molecule has 10 heteroatoms. The third kappa shape index (κ3) is 3.96. The smallest absolute Gasteiger partial charge is 0.412 e. The average Bonchev–Trinajstić information content (AvgIpc) is 2.86.